The second kappa shape index (κ2) is 62.7. The van der Waals surface area contributed by atoms with Crippen molar-refractivity contribution >= 4 is 122 Å². The van der Waals surface area contributed by atoms with Gasteiger partial charge in [0.05, 0.1) is 118 Å². The van der Waals surface area contributed by atoms with Gasteiger partial charge in [0.2, 0.25) is 11.8 Å². The summed E-state index contributed by atoms with van der Waals surface area (Å²) in [5, 5.41) is 30.3. The Morgan fingerprint density at radius 3 is 1.31 bits per heavy atom. The number of aryl methyl sites for hydroxylation is 3. The number of pyridine rings is 2. The number of Topliss-reactive ketones (excluding diaryl/α,β-unsaturated/α-hetero) is 2. The van der Waals surface area contributed by atoms with Gasteiger partial charge in [0, 0.05) is 79.4 Å². The van der Waals surface area contributed by atoms with Crippen LogP contribution in [0.3, 0.4) is 0 Å². The Labute approximate surface area is 799 Å². The number of methoxy groups -OCH3 is 2. The molecule has 0 aliphatic carbocycles. The summed E-state index contributed by atoms with van der Waals surface area (Å²) in [4.78, 5) is 129. The molecule has 0 saturated carbocycles. The summed E-state index contributed by atoms with van der Waals surface area (Å²) in [6, 6.07) is 19.7. The number of carbonyl (C=O) groups is 9. The number of phenolic OH excluding ortho intramolecular Hbond substituents is 1. The minimum Gasteiger partial charge on any atom is -1.00 e. The van der Waals surface area contributed by atoms with E-state index in [0.717, 1.165) is 16.7 Å². The Bertz CT molecular complexity index is 4180. The van der Waals surface area contributed by atoms with Crippen molar-refractivity contribution in [1.29, 1.82) is 0 Å². The van der Waals surface area contributed by atoms with Crippen LogP contribution in [0.25, 0.3) is 20.9 Å². The van der Waals surface area contributed by atoms with Gasteiger partial charge in [-0.1, -0.05) is 74.3 Å². The van der Waals surface area contributed by atoms with Gasteiger partial charge in [0.1, 0.15) is 35.3 Å². The van der Waals surface area contributed by atoms with E-state index in [1.165, 1.54) is 48.3 Å². The van der Waals surface area contributed by atoms with Crippen LogP contribution >= 0.6 is 46.4 Å². The molecule has 5 rings (SSSR count). The minimum absolute atomic E-state index is 0. The molecule has 4 amide bonds. The van der Waals surface area contributed by atoms with Crippen LogP contribution in [0, 0.1) is 20.8 Å². The van der Waals surface area contributed by atoms with Crippen LogP contribution in [0.5, 0.6) is 11.5 Å². The topological polar surface area (TPSA) is 477 Å². The number of carbonyl (C=O) groups excluding carboxylic acids is 9. The fourth-order valence-corrected chi connectivity index (χ4v) is 12.0. The largest absolute Gasteiger partial charge is 1.00 e. The van der Waals surface area contributed by atoms with E-state index in [-0.39, 0.29) is 248 Å². The number of nitrogens with one attached hydrogen (secondary N) is 2. The zero-order valence-corrected chi connectivity index (χ0v) is 79.4. The van der Waals surface area contributed by atoms with Gasteiger partial charge in [-0.05, 0) is 182 Å². The SMILES string of the molecule is COC(=O)CC(CC(=O)CNC(=O)CCCCN(C(=O)OC(C)(C)C)c1cc(C)ccn1)c1cc(Cl)c(O)c(Cl)c1.COC(=O)CC(CC(=O)CNC(=O)CCCCN(C(=O)OC(C)(C)C)c1cc(C)ccn1)c1cc(Cl)c(OCCOCCOCCOCCOCCN=[N+]=[N-])c(Cl)c1.Cc1ccc(S(=O)(=O)CN=[N+]=[N-])cc1.O=CO[O-].[H-].[K+].[K+]. The summed E-state index contributed by atoms with van der Waals surface area (Å²) < 4.78 is 70.9. The first-order valence-electron chi connectivity index (χ1n) is 36.6. The molecule has 3 aromatic carbocycles. The molecule has 0 bridgehead atoms. The smallest absolute Gasteiger partial charge is 1.00 e. The standard InChI is InChI=1S/C39H56Cl2N6O11.C29H37Cl2N3O7.C8H9N3O2S.CH2O3.2K.H/c1-28-9-10-43-34(22-28)47(38(51)58-39(2,3)4)12-7-6-8-35(49)44-27-31(48)23-29(26-36(50)52-5)30-24-32(40)37(33(41)25-30)57-21-20-56-19-18-55-17-16-54-15-14-53-13-11-45-46-42;1-18-9-10-32-24(12-18)34(28(39)41-29(2,3)4)11-7-6-8-25(36)33-17-21(35)13-19(16-26(37)40-5)20-14-22(30)27(38)23(31)15-20;1-7-2-4-8(5-3-7)14(12,13)6-10-11-9;2-1-4-3;;;/h9-10,22,24-25,29H,6-8,11-21,23,26-27H2,1-5H3,(H,44,49);9-10,12,14-15,19,38H,6-8,11,13,16-17H2,1-5H3,(H,33,36);2-5H,6H2,1H3;1,3H;;;/q;;;;2*+1;-1/p-1. The third-order valence-electron chi connectivity index (χ3n) is 15.6. The molecule has 0 fully saturated rings. The summed E-state index contributed by atoms with van der Waals surface area (Å²) in [5.41, 5.74) is 18.7. The number of aromatic nitrogens is 2. The van der Waals surface area contributed by atoms with Gasteiger partial charge >= 0.3 is 127 Å². The molecule has 2 unspecified atom stereocenters. The molecule has 3 N–H and O–H groups in total. The van der Waals surface area contributed by atoms with Gasteiger partial charge in [-0.3, -0.25) is 43.4 Å². The van der Waals surface area contributed by atoms with E-state index in [0.29, 0.717) is 101 Å². The van der Waals surface area contributed by atoms with Crippen LogP contribution in [0.1, 0.15) is 147 Å². The van der Waals surface area contributed by atoms with Crippen molar-refractivity contribution in [2.24, 2.45) is 10.2 Å². The van der Waals surface area contributed by atoms with Gasteiger partial charge in [0.15, 0.2) is 32.9 Å². The number of nitrogens with zero attached hydrogens (tertiary/aromatic N) is 10. The van der Waals surface area contributed by atoms with Crippen LogP contribution in [-0.4, -0.2) is 201 Å². The third kappa shape index (κ3) is 50.1. The van der Waals surface area contributed by atoms with Crippen molar-refractivity contribution in [3.8, 4) is 11.5 Å². The maximum Gasteiger partial charge on any atom is 1.00 e. The third-order valence-corrected chi connectivity index (χ3v) is 18.1. The van der Waals surface area contributed by atoms with Crippen LogP contribution in [0.15, 0.2) is 100 Å². The van der Waals surface area contributed by atoms with E-state index in [9.17, 15) is 51.9 Å². The number of aromatic hydroxyl groups is 1. The number of ketones is 2. The molecule has 42 heteroatoms. The Kier molecular flexibility index (Phi) is 59.3. The monoisotopic (exact) mass is 1810 g/mol. The van der Waals surface area contributed by atoms with Crippen molar-refractivity contribution in [3.05, 3.63) is 154 Å². The first-order valence-corrected chi connectivity index (χ1v) is 39.8. The number of rotatable bonds is 46. The molecule has 2 aromatic heterocycles. The predicted molar refractivity (Wildman–Crippen MR) is 435 cm³/mol. The minimum atomic E-state index is -3.46. The maximum atomic E-state index is 13.0. The second-order valence-electron chi connectivity index (χ2n) is 27.4. The molecule has 0 aliphatic heterocycles. The molecule has 0 saturated heterocycles. The number of anilines is 2. The molecule has 119 heavy (non-hydrogen) atoms. The molecule has 5 aromatic rings. The molecule has 0 aliphatic rings. The van der Waals surface area contributed by atoms with Crippen molar-refractivity contribution < 1.29 is 214 Å². The number of azide groups is 2. The number of amides is 4. The molecule has 35 nitrogen and oxygen atoms in total. The number of phenols is 1. The maximum absolute atomic E-state index is 13.0. The predicted octanol–water partition coefficient (Wildman–Crippen LogP) is 7.11. The summed E-state index contributed by atoms with van der Waals surface area (Å²) in [5.74, 6) is -3.27. The van der Waals surface area contributed by atoms with Gasteiger partial charge in [-0.2, -0.15) is 0 Å². The zero-order valence-electron chi connectivity index (χ0n) is 70.3. The van der Waals surface area contributed by atoms with E-state index in [2.05, 4.69) is 45.5 Å². The van der Waals surface area contributed by atoms with E-state index in [1.807, 2.05) is 32.9 Å². The van der Waals surface area contributed by atoms with Gasteiger partial charge in [-0.25, -0.2) is 28.0 Å². The quantitative estimate of drug-likeness (QED) is 0.00333. The van der Waals surface area contributed by atoms with Gasteiger partial charge in [-0.15, -0.1) is 0 Å². The van der Waals surface area contributed by atoms with Crippen molar-refractivity contribution in [2.75, 3.05) is 122 Å². The number of ether oxygens (including phenoxy) is 9. The van der Waals surface area contributed by atoms with Crippen LogP contribution in [0.2, 0.25) is 20.1 Å². The van der Waals surface area contributed by atoms with Crippen LogP contribution < -0.4 is 133 Å². The average molecular weight is 1820 g/mol. The van der Waals surface area contributed by atoms with Gasteiger partial charge < -0.3 is 69.9 Å². The number of hydrogen-bond acceptors (Lipinski definition) is 27. The molecule has 2 atom stereocenters. The summed E-state index contributed by atoms with van der Waals surface area (Å²) in [6.07, 6.45) is 3.94. The number of unbranched alkanes of at least 4 members (excludes halogenated alkanes) is 2. The summed E-state index contributed by atoms with van der Waals surface area (Å²) >= 11 is 25.1. The Morgan fingerprint density at radius 2 is 0.950 bits per heavy atom. The van der Waals surface area contributed by atoms with Crippen LogP contribution in [0.4, 0.5) is 21.2 Å². The molecule has 0 radical (unpaired) electrons. The molecular weight excluding hydrogens is 1710 g/mol. The van der Waals surface area contributed by atoms with E-state index < -0.39 is 62.9 Å². The zero-order chi connectivity index (χ0) is 87.5. The fourth-order valence-electron chi connectivity index (χ4n) is 9.94. The Balaban J connectivity index is 0. The Hall–Kier alpha value is -6.41. The van der Waals surface area contributed by atoms with Gasteiger partial charge in [0.25, 0.3) is 6.47 Å². The average Bonchev–Trinajstić information content (AvgIpc) is 0.808. The normalized spacial score (nSPS) is 11.2. The molecule has 646 valence electrons. The van der Waals surface area contributed by atoms with E-state index >= 15 is 0 Å². The van der Waals surface area contributed by atoms with Crippen LogP contribution in [-0.2, 0) is 86.2 Å². The number of sulfone groups is 1. The first kappa shape index (κ1) is 113. The van der Waals surface area contributed by atoms with E-state index in [4.69, 9.17) is 110 Å². The molecular formula is C77H104Cl4K2N12O23S. The number of esters is 2. The van der Waals surface area contributed by atoms with Crippen molar-refractivity contribution in [2.45, 2.75) is 154 Å². The number of halogens is 4. The number of benzene rings is 3. The van der Waals surface area contributed by atoms with Crippen molar-refractivity contribution in [3.63, 3.8) is 0 Å². The van der Waals surface area contributed by atoms with E-state index in [1.54, 1.807) is 90.3 Å². The first-order chi connectivity index (χ1) is 55.4. The molecule has 0 spiro atoms. The molecule has 2 heterocycles. The fraction of sp³-hybridized carbons (Fsp3) is 0.519. The summed E-state index contributed by atoms with van der Waals surface area (Å²) in [6.45, 7) is 19.6. The van der Waals surface area contributed by atoms with Crippen molar-refractivity contribution in [1.82, 2.24) is 20.6 Å². The second-order valence-corrected chi connectivity index (χ2v) is 31.0. The number of hydrogen-bond donors (Lipinski definition) is 3. The Morgan fingerprint density at radius 1 is 0.571 bits per heavy atom. The summed E-state index contributed by atoms with van der Waals surface area (Å²) in [7, 11) is -0.968.